The maximum atomic E-state index is 13.1. The molecule has 0 aliphatic rings. The molecule has 1 aromatic heterocycles. The number of hydrogen-bond donors (Lipinski definition) is 1. The van der Waals surface area contributed by atoms with Crippen LogP contribution in [0.2, 0.25) is 0 Å². The van der Waals surface area contributed by atoms with Crippen LogP contribution in [0.15, 0.2) is 36.5 Å². The van der Waals surface area contributed by atoms with Gasteiger partial charge in [-0.05, 0) is 30.3 Å². The van der Waals surface area contributed by atoms with E-state index in [4.69, 9.17) is 4.74 Å². The van der Waals surface area contributed by atoms with Gasteiger partial charge in [0, 0.05) is 18.3 Å². The van der Waals surface area contributed by atoms with E-state index in [0.29, 0.717) is 11.4 Å². The molecule has 100 valence electrons. The van der Waals surface area contributed by atoms with E-state index in [9.17, 15) is 9.50 Å². The Morgan fingerprint density at radius 2 is 2.00 bits per heavy atom. The van der Waals surface area contributed by atoms with Crippen LogP contribution in [-0.4, -0.2) is 24.2 Å². The van der Waals surface area contributed by atoms with Crippen LogP contribution in [-0.2, 0) is 6.61 Å². The predicted molar refractivity (Wildman–Crippen MR) is 71.2 cm³/mol. The lowest BCUT2D eigenvalue weighted by Crippen LogP contribution is -2.14. The minimum absolute atomic E-state index is 0.263. The third kappa shape index (κ3) is 2.82. The number of anilines is 2. The number of pyridine rings is 1. The van der Waals surface area contributed by atoms with Crippen molar-refractivity contribution >= 4 is 11.5 Å². The Balaban J connectivity index is 2.34. The van der Waals surface area contributed by atoms with Gasteiger partial charge in [0.25, 0.3) is 0 Å². The van der Waals surface area contributed by atoms with Gasteiger partial charge in [-0.3, -0.25) is 0 Å². The molecule has 2 aromatic rings. The Bertz CT molecular complexity index is 558. The number of halogens is 1. The van der Waals surface area contributed by atoms with Gasteiger partial charge in [-0.25, -0.2) is 9.37 Å². The summed E-state index contributed by atoms with van der Waals surface area (Å²) in [5.74, 6) is 0.816. The number of nitrogens with zero attached hydrogens (tertiary/aromatic N) is 2. The molecule has 1 heterocycles. The fraction of sp³-hybridized carbons (Fsp3) is 0.214. The van der Waals surface area contributed by atoms with Gasteiger partial charge in [-0.15, -0.1) is 0 Å². The van der Waals surface area contributed by atoms with Gasteiger partial charge in [-0.2, -0.15) is 0 Å². The molecule has 5 heteroatoms. The summed E-state index contributed by atoms with van der Waals surface area (Å²) < 4.78 is 18.2. The first kappa shape index (κ1) is 13.3. The van der Waals surface area contributed by atoms with Crippen LogP contribution < -0.4 is 9.64 Å². The maximum Gasteiger partial charge on any atom is 0.142 e. The molecule has 0 radical (unpaired) electrons. The molecule has 0 fully saturated rings. The number of aromatic nitrogens is 1. The predicted octanol–water partition coefficient (Wildman–Crippen LogP) is 2.49. The van der Waals surface area contributed by atoms with Gasteiger partial charge in [0.05, 0.1) is 19.9 Å². The molecule has 0 aliphatic heterocycles. The van der Waals surface area contributed by atoms with E-state index in [1.165, 1.54) is 6.07 Å². The first-order valence-corrected chi connectivity index (χ1v) is 5.78. The van der Waals surface area contributed by atoms with Crippen LogP contribution in [0.5, 0.6) is 5.75 Å². The van der Waals surface area contributed by atoms with E-state index >= 15 is 0 Å². The van der Waals surface area contributed by atoms with Crippen molar-refractivity contribution < 1.29 is 14.2 Å². The van der Waals surface area contributed by atoms with Crippen LogP contribution >= 0.6 is 0 Å². The number of aliphatic hydroxyl groups excluding tert-OH is 1. The van der Waals surface area contributed by atoms with E-state index in [-0.39, 0.29) is 6.61 Å². The SMILES string of the molecule is COc1ccc(N(C)c2ncc(F)cc2CO)cc1. The summed E-state index contributed by atoms with van der Waals surface area (Å²) in [6.07, 6.45) is 1.13. The lowest BCUT2D eigenvalue weighted by molar-refractivity contribution is 0.281. The lowest BCUT2D eigenvalue weighted by Gasteiger charge is -2.21. The zero-order valence-electron chi connectivity index (χ0n) is 10.8. The monoisotopic (exact) mass is 262 g/mol. The van der Waals surface area contributed by atoms with E-state index in [1.54, 1.807) is 19.1 Å². The van der Waals surface area contributed by atoms with Gasteiger partial charge >= 0.3 is 0 Å². The Hall–Kier alpha value is -2.14. The molecule has 2 rings (SSSR count). The molecular weight excluding hydrogens is 247 g/mol. The molecule has 0 unspecified atom stereocenters. The molecule has 0 spiro atoms. The van der Waals surface area contributed by atoms with Gasteiger partial charge in [0.15, 0.2) is 0 Å². The van der Waals surface area contributed by atoms with E-state index in [1.807, 2.05) is 24.3 Å². The molecule has 19 heavy (non-hydrogen) atoms. The third-order valence-corrected chi connectivity index (χ3v) is 2.86. The Morgan fingerprint density at radius 1 is 1.32 bits per heavy atom. The highest BCUT2D eigenvalue weighted by molar-refractivity contribution is 5.62. The Labute approximate surface area is 111 Å². The average Bonchev–Trinajstić information content (AvgIpc) is 2.46. The van der Waals surface area contributed by atoms with Crippen LogP contribution in [0, 0.1) is 5.82 Å². The highest BCUT2D eigenvalue weighted by atomic mass is 19.1. The van der Waals surface area contributed by atoms with Crippen molar-refractivity contribution in [2.75, 3.05) is 19.1 Å². The van der Waals surface area contributed by atoms with Crippen molar-refractivity contribution in [3.8, 4) is 5.75 Å². The minimum atomic E-state index is -0.462. The number of ether oxygens (including phenoxy) is 1. The first-order valence-electron chi connectivity index (χ1n) is 5.78. The van der Waals surface area contributed by atoms with Gasteiger partial charge < -0.3 is 14.7 Å². The Morgan fingerprint density at radius 3 is 2.58 bits per heavy atom. The largest absolute Gasteiger partial charge is 0.497 e. The van der Waals surface area contributed by atoms with Crippen molar-refractivity contribution in [3.63, 3.8) is 0 Å². The van der Waals surface area contributed by atoms with Crippen molar-refractivity contribution in [1.29, 1.82) is 0 Å². The second kappa shape index (κ2) is 5.67. The molecule has 1 aromatic carbocycles. The van der Waals surface area contributed by atoms with Crippen LogP contribution in [0.3, 0.4) is 0 Å². The van der Waals surface area contributed by atoms with Crippen molar-refractivity contribution in [2.24, 2.45) is 0 Å². The van der Waals surface area contributed by atoms with Crippen LogP contribution in [0.1, 0.15) is 5.56 Å². The minimum Gasteiger partial charge on any atom is -0.497 e. The quantitative estimate of drug-likeness (QED) is 0.919. The summed E-state index contributed by atoms with van der Waals surface area (Å²) in [4.78, 5) is 5.81. The summed E-state index contributed by atoms with van der Waals surface area (Å²) in [6.45, 7) is -0.263. The van der Waals surface area contributed by atoms with E-state index in [2.05, 4.69) is 4.98 Å². The fourth-order valence-corrected chi connectivity index (χ4v) is 1.82. The normalized spacial score (nSPS) is 10.3. The summed E-state index contributed by atoms with van der Waals surface area (Å²) in [5, 5.41) is 9.27. The second-order valence-electron chi connectivity index (χ2n) is 4.05. The highest BCUT2D eigenvalue weighted by Crippen LogP contribution is 2.27. The molecule has 0 saturated carbocycles. The Kier molecular flexibility index (Phi) is 3.97. The number of methoxy groups -OCH3 is 1. The van der Waals surface area contributed by atoms with Crippen LogP contribution in [0.4, 0.5) is 15.9 Å². The van der Waals surface area contributed by atoms with Gasteiger partial charge in [-0.1, -0.05) is 0 Å². The lowest BCUT2D eigenvalue weighted by atomic mass is 10.2. The van der Waals surface area contributed by atoms with Crippen molar-refractivity contribution in [1.82, 2.24) is 4.98 Å². The standard InChI is InChI=1S/C14H15FN2O2/c1-17(12-3-5-13(19-2)6-4-12)14-10(9-18)7-11(15)8-16-14/h3-8,18H,9H2,1-2H3. The topological polar surface area (TPSA) is 45.6 Å². The molecule has 1 N–H and O–H groups in total. The van der Waals surface area contributed by atoms with E-state index < -0.39 is 5.82 Å². The molecule has 0 amide bonds. The summed E-state index contributed by atoms with van der Waals surface area (Å²) in [7, 11) is 3.41. The number of hydrogen-bond acceptors (Lipinski definition) is 4. The van der Waals surface area contributed by atoms with Crippen LogP contribution in [0.25, 0.3) is 0 Å². The second-order valence-corrected chi connectivity index (χ2v) is 4.05. The zero-order valence-corrected chi connectivity index (χ0v) is 10.8. The number of benzene rings is 1. The van der Waals surface area contributed by atoms with Gasteiger partial charge in [0.2, 0.25) is 0 Å². The maximum absolute atomic E-state index is 13.1. The summed E-state index contributed by atoms with van der Waals surface area (Å²) in [6, 6.07) is 8.67. The third-order valence-electron chi connectivity index (χ3n) is 2.86. The zero-order chi connectivity index (χ0) is 13.8. The summed E-state index contributed by atoms with van der Waals surface area (Å²) in [5.41, 5.74) is 1.31. The fourth-order valence-electron chi connectivity index (χ4n) is 1.82. The molecule has 0 saturated heterocycles. The molecule has 4 nitrogen and oxygen atoms in total. The summed E-state index contributed by atoms with van der Waals surface area (Å²) >= 11 is 0. The smallest absolute Gasteiger partial charge is 0.142 e. The molecule has 0 atom stereocenters. The highest BCUT2D eigenvalue weighted by Gasteiger charge is 2.11. The molecule has 0 bridgehead atoms. The van der Waals surface area contributed by atoms with Gasteiger partial charge in [0.1, 0.15) is 17.4 Å². The van der Waals surface area contributed by atoms with Crippen molar-refractivity contribution in [2.45, 2.75) is 6.61 Å². The van der Waals surface area contributed by atoms with Crippen molar-refractivity contribution in [3.05, 3.63) is 47.9 Å². The number of rotatable bonds is 4. The molecule has 0 aliphatic carbocycles. The molecular formula is C14H15FN2O2. The van der Waals surface area contributed by atoms with E-state index in [0.717, 1.165) is 17.6 Å². The average molecular weight is 262 g/mol. The first-order chi connectivity index (χ1) is 9.15. The number of aliphatic hydroxyl groups is 1.